The fraction of sp³-hybridized carbons (Fsp3) is 0.385. The second-order valence-electron chi connectivity index (χ2n) is 3.77. The molecule has 1 aromatic rings. The SMILES string of the molecule is COC(=O)CCSCc1ccc(CC(=O)O)cc1. The fourth-order valence-corrected chi connectivity index (χ4v) is 2.26. The van der Waals surface area contributed by atoms with Gasteiger partial charge in [-0.1, -0.05) is 24.3 Å². The minimum atomic E-state index is -0.824. The summed E-state index contributed by atoms with van der Waals surface area (Å²) >= 11 is 1.65. The molecule has 0 saturated carbocycles. The van der Waals surface area contributed by atoms with Gasteiger partial charge in [-0.05, 0) is 11.1 Å². The van der Waals surface area contributed by atoms with Crippen LogP contribution in [0, 0.1) is 0 Å². The molecule has 98 valence electrons. The predicted octanol–water partition coefficient (Wildman–Crippen LogP) is 2.11. The van der Waals surface area contributed by atoms with Crippen molar-refractivity contribution in [3.8, 4) is 0 Å². The normalized spacial score (nSPS) is 10.1. The number of carbonyl (C=O) groups is 2. The minimum Gasteiger partial charge on any atom is -0.481 e. The van der Waals surface area contributed by atoms with E-state index < -0.39 is 5.97 Å². The third-order valence-electron chi connectivity index (χ3n) is 2.33. The van der Waals surface area contributed by atoms with Crippen LogP contribution in [0.3, 0.4) is 0 Å². The summed E-state index contributed by atoms with van der Waals surface area (Å²) in [5.74, 6) is 0.517. The summed E-state index contributed by atoms with van der Waals surface area (Å²) in [6.07, 6.45) is 0.466. The molecule has 5 heteroatoms. The van der Waals surface area contributed by atoms with Crippen LogP contribution < -0.4 is 0 Å². The van der Waals surface area contributed by atoms with Gasteiger partial charge in [0.05, 0.1) is 20.0 Å². The molecule has 0 bridgehead atoms. The number of ether oxygens (including phenoxy) is 1. The standard InChI is InChI=1S/C13H16O4S/c1-17-13(16)6-7-18-9-11-4-2-10(3-5-11)8-12(14)15/h2-5H,6-9H2,1H3,(H,14,15). The molecular weight excluding hydrogens is 252 g/mol. The second-order valence-corrected chi connectivity index (χ2v) is 4.87. The fourth-order valence-electron chi connectivity index (χ4n) is 1.38. The number of carboxylic acids is 1. The zero-order valence-electron chi connectivity index (χ0n) is 10.2. The number of methoxy groups -OCH3 is 1. The first-order valence-corrected chi connectivity index (χ1v) is 6.71. The molecule has 0 amide bonds. The van der Waals surface area contributed by atoms with E-state index in [1.54, 1.807) is 11.8 Å². The van der Waals surface area contributed by atoms with Gasteiger partial charge < -0.3 is 9.84 Å². The van der Waals surface area contributed by atoms with Crippen molar-refractivity contribution in [2.24, 2.45) is 0 Å². The molecule has 1 rings (SSSR count). The summed E-state index contributed by atoms with van der Waals surface area (Å²) in [6.45, 7) is 0. The van der Waals surface area contributed by atoms with E-state index in [4.69, 9.17) is 5.11 Å². The number of hydrogen-bond donors (Lipinski definition) is 1. The largest absolute Gasteiger partial charge is 0.481 e. The Morgan fingerprint density at radius 2 is 1.83 bits per heavy atom. The third-order valence-corrected chi connectivity index (χ3v) is 3.36. The first kappa shape index (κ1) is 14.6. The number of esters is 1. The van der Waals surface area contributed by atoms with Gasteiger partial charge in [0.1, 0.15) is 0 Å². The molecule has 0 saturated heterocycles. The molecule has 0 radical (unpaired) electrons. The Hall–Kier alpha value is -1.49. The van der Waals surface area contributed by atoms with Crippen molar-refractivity contribution in [1.82, 2.24) is 0 Å². The van der Waals surface area contributed by atoms with Crippen molar-refractivity contribution >= 4 is 23.7 Å². The van der Waals surface area contributed by atoms with Crippen molar-refractivity contribution in [2.45, 2.75) is 18.6 Å². The van der Waals surface area contributed by atoms with Crippen molar-refractivity contribution in [3.63, 3.8) is 0 Å². The molecule has 4 nitrogen and oxygen atoms in total. The van der Waals surface area contributed by atoms with E-state index in [1.807, 2.05) is 24.3 Å². The molecule has 0 atom stereocenters. The Bertz CT molecular complexity index is 400. The van der Waals surface area contributed by atoms with Crippen molar-refractivity contribution in [1.29, 1.82) is 0 Å². The molecule has 0 aliphatic rings. The molecule has 0 fully saturated rings. The quantitative estimate of drug-likeness (QED) is 0.606. The van der Waals surface area contributed by atoms with Gasteiger partial charge in [0.15, 0.2) is 0 Å². The van der Waals surface area contributed by atoms with Crippen molar-refractivity contribution in [3.05, 3.63) is 35.4 Å². The summed E-state index contributed by atoms with van der Waals surface area (Å²) in [5, 5.41) is 8.64. The lowest BCUT2D eigenvalue weighted by Crippen LogP contribution is -2.01. The number of aliphatic carboxylic acids is 1. The van der Waals surface area contributed by atoms with Crippen LogP contribution in [0.15, 0.2) is 24.3 Å². The van der Waals surface area contributed by atoms with Gasteiger partial charge in [0.2, 0.25) is 0 Å². The van der Waals surface area contributed by atoms with E-state index in [0.717, 1.165) is 22.6 Å². The molecule has 0 unspecified atom stereocenters. The van der Waals surface area contributed by atoms with E-state index in [2.05, 4.69) is 4.74 Å². The minimum absolute atomic E-state index is 0.0514. The average Bonchev–Trinajstić information content (AvgIpc) is 2.35. The molecular formula is C13H16O4S. The zero-order chi connectivity index (χ0) is 13.4. The molecule has 0 aromatic heterocycles. The van der Waals surface area contributed by atoms with E-state index in [1.165, 1.54) is 7.11 Å². The maximum atomic E-state index is 10.9. The highest BCUT2D eigenvalue weighted by atomic mass is 32.2. The van der Waals surface area contributed by atoms with Crippen LogP contribution in [-0.4, -0.2) is 29.9 Å². The van der Waals surface area contributed by atoms with Crippen LogP contribution in [0.25, 0.3) is 0 Å². The maximum Gasteiger partial charge on any atom is 0.307 e. The topological polar surface area (TPSA) is 63.6 Å². The van der Waals surface area contributed by atoms with Gasteiger partial charge in [0, 0.05) is 11.5 Å². The monoisotopic (exact) mass is 268 g/mol. The summed E-state index contributed by atoms with van der Waals surface area (Å²) < 4.78 is 4.55. The lowest BCUT2D eigenvalue weighted by Gasteiger charge is -2.03. The number of carboxylic acid groups (broad SMARTS) is 1. The summed E-state index contributed by atoms with van der Waals surface area (Å²) in [7, 11) is 1.38. The maximum absolute atomic E-state index is 10.9. The van der Waals surface area contributed by atoms with Gasteiger partial charge in [-0.15, -0.1) is 0 Å². The molecule has 0 aliphatic carbocycles. The van der Waals surface area contributed by atoms with Gasteiger partial charge in [0.25, 0.3) is 0 Å². The number of thioether (sulfide) groups is 1. The van der Waals surface area contributed by atoms with E-state index in [0.29, 0.717) is 6.42 Å². The molecule has 0 aliphatic heterocycles. The lowest BCUT2D eigenvalue weighted by molar-refractivity contribution is -0.140. The molecule has 1 N–H and O–H groups in total. The van der Waals surface area contributed by atoms with Gasteiger partial charge >= 0.3 is 11.9 Å². The average molecular weight is 268 g/mol. The summed E-state index contributed by atoms with van der Waals surface area (Å²) in [5.41, 5.74) is 1.92. The van der Waals surface area contributed by atoms with Crippen molar-refractivity contribution < 1.29 is 19.4 Å². The number of carbonyl (C=O) groups excluding carboxylic acids is 1. The number of benzene rings is 1. The Kier molecular flexibility index (Phi) is 6.28. The summed E-state index contributed by atoms with van der Waals surface area (Å²) in [6, 6.07) is 7.49. The molecule has 0 heterocycles. The highest BCUT2D eigenvalue weighted by Gasteiger charge is 2.02. The van der Waals surface area contributed by atoms with Crippen LogP contribution >= 0.6 is 11.8 Å². The van der Waals surface area contributed by atoms with Gasteiger partial charge in [-0.2, -0.15) is 11.8 Å². The first-order valence-electron chi connectivity index (χ1n) is 5.56. The van der Waals surface area contributed by atoms with Crippen LogP contribution in [0.4, 0.5) is 0 Å². The predicted molar refractivity (Wildman–Crippen MR) is 70.6 cm³/mol. The van der Waals surface area contributed by atoms with Crippen molar-refractivity contribution in [2.75, 3.05) is 12.9 Å². The van der Waals surface area contributed by atoms with Gasteiger partial charge in [-0.3, -0.25) is 9.59 Å². The van der Waals surface area contributed by atoms with Gasteiger partial charge in [-0.25, -0.2) is 0 Å². The highest BCUT2D eigenvalue weighted by molar-refractivity contribution is 7.98. The van der Waals surface area contributed by atoms with E-state index in [9.17, 15) is 9.59 Å². The Labute approximate surface area is 110 Å². The Morgan fingerprint density at radius 1 is 1.22 bits per heavy atom. The van der Waals surface area contributed by atoms with E-state index >= 15 is 0 Å². The number of hydrogen-bond acceptors (Lipinski definition) is 4. The lowest BCUT2D eigenvalue weighted by atomic mass is 10.1. The van der Waals surface area contributed by atoms with Crippen LogP contribution in [0.2, 0.25) is 0 Å². The van der Waals surface area contributed by atoms with E-state index in [-0.39, 0.29) is 12.4 Å². The summed E-state index contributed by atoms with van der Waals surface area (Å²) in [4.78, 5) is 21.4. The number of rotatable bonds is 7. The molecule has 18 heavy (non-hydrogen) atoms. The molecule has 1 aromatic carbocycles. The first-order chi connectivity index (χ1) is 8.61. The Morgan fingerprint density at radius 3 is 2.39 bits per heavy atom. The van der Waals surface area contributed by atoms with Crippen LogP contribution in [0.5, 0.6) is 0 Å². The molecule has 0 spiro atoms. The second kappa shape index (κ2) is 7.76. The zero-order valence-corrected chi connectivity index (χ0v) is 11.0. The van der Waals surface area contributed by atoms with Crippen LogP contribution in [0.1, 0.15) is 17.5 Å². The van der Waals surface area contributed by atoms with Crippen LogP contribution in [-0.2, 0) is 26.5 Å². The smallest absolute Gasteiger partial charge is 0.307 e. The Balaban J connectivity index is 2.31. The highest BCUT2D eigenvalue weighted by Crippen LogP contribution is 2.14. The third kappa shape index (κ3) is 5.72.